The molecule has 3 N–H and O–H groups in total. The van der Waals surface area contributed by atoms with Crippen LogP contribution in [0.15, 0.2) is 73.1 Å². The molecule has 9 heteroatoms. The van der Waals surface area contributed by atoms with E-state index in [4.69, 9.17) is 15.7 Å². The van der Waals surface area contributed by atoms with Crippen molar-refractivity contribution in [1.29, 1.82) is 0 Å². The summed E-state index contributed by atoms with van der Waals surface area (Å²) in [6.45, 7) is 0.454. The molecule has 1 fully saturated rings. The largest absolute Gasteiger partial charge is 0.382 e. The number of nitrogen functional groups attached to an aromatic ring is 1. The van der Waals surface area contributed by atoms with E-state index < -0.39 is 10.0 Å². The van der Waals surface area contributed by atoms with Crippen LogP contribution in [0.1, 0.15) is 24.6 Å². The number of nitrogens with one attached hydrogen (secondary N) is 1. The van der Waals surface area contributed by atoms with Gasteiger partial charge >= 0.3 is 0 Å². The van der Waals surface area contributed by atoms with Crippen molar-refractivity contribution in [3.05, 3.63) is 78.9 Å². The van der Waals surface area contributed by atoms with Crippen molar-refractivity contribution in [2.45, 2.75) is 18.8 Å². The smallest absolute Gasteiger partial charge is 0.208 e. The number of hydrogen-bond acceptors (Lipinski definition) is 6. The highest BCUT2D eigenvalue weighted by Crippen LogP contribution is 2.43. The topological polar surface area (TPSA) is 115 Å². The van der Waals surface area contributed by atoms with Crippen LogP contribution >= 0.6 is 0 Å². The molecule has 3 heterocycles. The van der Waals surface area contributed by atoms with E-state index in [0.717, 1.165) is 57.6 Å². The monoisotopic (exact) mass is 498 g/mol. The summed E-state index contributed by atoms with van der Waals surface area (Å²) in [5, 5.41) is 1.05. The van der Waals surface area contributed by atoms with Gasteiger partial charge in [-0.05, 0) is 30.9 Å². The molecular weight excluding hydrogens is 472 g/mol. The zero-order chi connectivity index (χ0) is 24.9. The average Bonchev–Trinajstić information content (AvgIpc) is 3.23. The molecule has 8 nitrogen and oxygen atoms in total. The van der Waals surface area contributed by atoms with Gasteiger partial charge in [-0.3, -0.25) is 4.40 Å². The molecular formula is C27H26N6O2S. The first kappa shape index (κ1) is 22.6. The SMILES string of the molecule is CS(=O)(=O)NC[C@H]1C[C@@H](c2nc(-c3ccc4ccc(-c5ccccc5)nc4c3)c3c(N)nccn32)C1. The molecule has 5 aromatic rings. The molecule has 182 valence electrons. The zero-order valence-electron chi connectivity index (χ0n) is 19.8. The van der Waals surface area contributed by atoms with Crippen molar-refractivity contribution in [3.63, 3.8) is 0 Å². The number of rotatable bonds is 6. The fourth-order valence-corrected chi connectivity index (χ4v) is 5.53. The van der Waals surface area contributed by atoms with E-state index in [-0.39, 0.29) is 5.92 Å². The molecule has 0 saturated heterocycles. The number of nitrogens with two attached hydrogens (primary N) is 1. The summed E-state index contributed by atoms with van der Waals surface area (Å²) >= 11 is 0. The lowest BCUT2D eigenvalue weighted by molar-refractivity contribution is 0.256. The van der Waals surface area contributed by atoms with E-state index in [1.54, 1.807) is 6.20 Å². The first-order valence-corrected chi connectivity index (χ1v) is 13.8. The molecule has 2 aromatic carbocycles. The summed E-state index contributed by atoms with van der Waals surface area (Å²) in [7, 11) is -3.19. The van der Waals surface area contributed by atoms with E-state index in [0.29, 0.717) is 18.3 Å². The minimum Gasteiger partial charge on any atom is -0.382 e. The van der Waals surface area contributed by atoms with E-state index in [1.165, 1.54) is 6.26 Å². The quantitative estimate of drug-likeness (QED) is 0.362. The second kappa shape index (κ2) is 8.69. The highest BCUT2D eigenvalue weighted by molar-refractivity contribution is 7.88. The van der Waals surface area contributed by atoms with Crippen molar-refractivity contribution in [2.24, 2.45) is 5.92 Å². The lowest BCUT2D eigenvalue weighted by Crippen LogP contribution is -2.35. The van der Waals surface area contributed by atoms with Crippen molar-refractivity contribution in [3.8, 4) is 22.5 Å². The van der Waals surface area contributed by atoms with Gasteiger partial charge in [-0.25, -0.2) is 28.1 Å². The molecule has 0 bridgehead atoms. The molecule has 1 aliphatic carbocycles. The van der Waals surface area contributed by atoms with Gasteiger partial charge in [0.05, 0.1) is 17.5 Å². The minimum absolute atomic E-state index is 0.225. The summed E-state index contributed by atoms with van der Waals surface area (Å²) in [5.74, 6) is 1.87. The van der Waals surface area contributed by atoms with E-state index in [2.05, 4.69) is 40.0 Å². The third-order valence-electron chi connectivity index (χ3n) is 6.88. The Labute approximate surface area is 209 Å². The summed E-state index contributed by atoms with van der Waals surface area (Å²) < 4.78 is 27.5. The molecule has 0 amide bonds. The maximum atomic E-state index is 11.4. The second-order valence-corrected chi connectivity index (χ2v) is 11.3. The maximum absolute atomic E-state index is 11.4. The first-order valence-electron chi connectivity index (χ1n) is 11.9. The number of aromatic nitrogens is 4. The number of hydrogen-bond donors (Lipinski definition) is 2. The Morgan fingerprint density at radius 3 is 2.58 bits per heavy atom. The predicted octanol–water partition coefficient (Wildman–Crippen LogP) is 4.24. The molecule has 0 radical (unpaired) electrons. The van der Waals surface area contributed by atoms with Gasteiger partial charge in [0.2, 0.25) is 10.0 Å². The van der Waals surface area contributed by atoms with Gasteiger partial charge in [-0.1, -0.05) is 48.5 Å². The van der Waals surface area contributed by atoms with Crippen LogP contribution in [-0.2, 0) is 10.0 Å². The highest BCUT2D eigenvalue weighted by atomic mass is 32.2. The molecule has 36 heavy (non-hydrogen) atoms. The lowest BCUT2D eigenvalue weighted by Gasteiger charge is -2.34. The Bertz CT molecular complexity index is 1690. The summed E-state index contributed by atoms with van der Waals surface area (Å²) in [4.78, 5) is 14.3. The van der Waals surface area contributed by atoms with Crippen LogP contribution in [0.3, 0.4) is 0 Å². The van der Waals surface area contributed by atoms with Gasteiger partial charge in [-0.15, -0.1) is 0 Å². The molecule has 6 rings (SSSR count). The number of pyridine rings is 1. The number of nitrogens with zero attached hydrogens (tertiary/aromatic N) is 4. The Morgan fingerprint density at radius 2 is 1.81 bits per heavy atom. The van der Waals surface area contributed by atoms with Crippen LogP contribution in [-0.4, -0.2) is 40.6 Å². The summed E-state index contributed by atoms with van der Waals surface area (Å²) in [5.41, 5.74) is 11.7. The average molecular weight is 499 g/mol. The van der Waals surface area contributed by atoms with E-state index in [9.17, 15) is 8.42 Å². The minimum atomic E-state index is -3.19. The van der Waals surface area contributed by atoms with Crippen molar-refractivity contribution in [1.82, 2.24) is 24.1 Å². The van der Waals surface area contributed by atoms with Crippen LogP contribution in [0.25, 0.3) is 38.9 Å². The molecule has 3 aromatic heterocycles. The van der Waals surface area contributed by atoms with Gasteiger partial charge in [0.1, 0.15) is 22.9 Å². The van der Waals surface area contributed by atoms with Gasteiger partial charge in [0.25, 0.3) is 0 Å². The van der Waals surface area contributed by atoms with Crippen LogP contribution in [0.5, 0.6) is 0 Å². The van der Waals surface area contributed by atoms with E-state index >= 15 is 0 Å². The zero-order valence-corrected chi connectivity index (χ0v) is 20.6. The molecule has 0 atom stereocenters. The van der Waals surface area contributed by atoms with Crippen LogP contribution in [0.4, 0.5) is 5.82 Å². The number of benzene rings is 2. The number of sulfonamides is 1. The summed E-state index contributed by atoms with van der Waals surface area (Å²) in [6.07, 6.45) is 6.50. The normalized spacial score (nSPS) is 17.9. The van der Waals surface area contributed by atoms with Crippen molar-refractivity contribution < 1.29 is 8.42 Å². The van der Waals surface area contributed by atoms with Gasteiger partial charge < -0.3 is 5.73 Å². The van der Waals surface area contributed by atoms with Crippen molar-refractivity contribution in [2.75, 3.05) is 18.5 Å². The van der Waals surface area contributed by atoms with Gasteiger partial charge in [0, 0.05) is 41.4 Å². The Balaban J connectivity index is 1.37. The third-order valence-corrected chi connectivity index (χ3v) is 7.57. The Kier molecular flexibility index (Phi) is 5.46. The standard InChI is InChI=1S/C27H26N6O2S/c1-36(34,35)30-16-17-13-21(14-17)27-32-24(25-26(28)29-11-12-33(25)27)20-8-7-19-9-10-22(31-23(19)15-20)18-5-3-2-4-6-18/h2-12,15,17,21,30H,13-14,16H2,1H3,(H2,28,29)/t17-,21+. The number of fused-ring (bicyclic) bond motifs is 2. The Morgan fingerprint density at radius 1 is 1.03 bits per heavy atom. The highest BCUT2D eigenvalue weighted by Gasteiger charge is 2.34. The summed E-state index contributed by atoms with van der Waals surface area (Å²) in [6, 6.07) is 20.4. The van der Waals surface area contributed by atoms with Crippen LogP contribution in [0, 0.1) is 5.92 Å². The van der Waals surface area contributed by atoms with Crippen molar-refractivity contribution >= 4 is 32.3 Å². The first-order chi connectivity index (χ1) is 17.4. The lowest BCUT2D eigenvalue weighted by atomic mass is 9.74. The van der Waals surface area contributed by atoms with Crippen LogP contribution < -0.4 is 10.5 Å². The predicted molar refractivity (Wildman–Crippen MR) is 142 cm³/mol. The number of anilines is 1. The molecule has 0 spiro atoms. The maximum Gasteiger partial charge on any atom is 0.208 e. The fourth-order valence-electron chi connectivity index (χ4n) is 4.99. The molecule has 1 saturated carbocycles. The number of imidazole rings is 1. The molecule has 0 unspecified atom stereocenters. The van der Waals surface area contributed by atoms with E-state index in [1.807, 2.05) is 40.9 Å². The molecule has 1 aliphatic rings. The Hall–Kier alpha value is -3.82. The second-order valence-electron chi connectivity index (χ2n) is 9.47. The fraction of sp³-hybridized carbons (Fsp3) is 0.222. The van der Waals surface area contributed by atoms with Crippen LogP contribution in [0.2, 0.25) is 0 Å². The third kappa shape index (κ3) is 4.20. The molecule has 0 aliphatic heterocycles. The van der Waals surface area contributed by atoms with Gasteiger partial charge in [0.15, 0.2) is 0 Å². The van der Waals surface area contributed by atoms with Gasteiger partial charge in [-0.2, -0.15) is 0 Å².